The smallest absolute Gasteiger partial charge is 0.0247 e. The van der Waals surface area contributed by atoms with Gasteiger partial charge in [0.2, 0.25) is 0 Å². The summed E-state index contributed by atoms with van der Waals surface area (Å²) in [4.78, 5) is 2.67. The molecule has 0 aliphatic carbocycles. The summed E-state index contributed by atoms with van der Waals surface area (Å²) in [6, 6.07) is 1.74. The first-order valence-corrected chi connectivity index (χ1v) is 9.88. The van der Waals surface area contributed by atoms with Gasteiger partial charge in [-0.2, -0.15) is 0 Å². The van der Waals surface area contributed by atoms with E-state index in [4.69, 9.17) is 0 Å². The largest absolute Gasteiger partial charge is 0.311 e. The Hall–Kier alpha value is 0.0700. The van der Waals surface area contributed by atoms with E-state index >= 15 is 0 Å². The number of hydrogen-bond acceptors (Lipinski definition) is 3. The molecular weight excluding hydrogens is 268 g/mol. The van der Waals surface area contributed by atoms with Gasteiger partial charge in [0.1, 0.15) is 0 Å². The first kappa shape index (κ1) is 18.1. The van der Waals surface area contributed by atoms with Gasteiger partial charge in [0.15, 0.2) is 0 Å². The fourth-order valence-corrected chi connectivity index (χ4v) is 3.78. The fraction of sp³-hybridized carbons (Fsp3) is 1.00. The highest BCUT2D eigenvalue weighted by Crippen LogP contribution is 2.23. The van der Waals surface area contributed by atoms with Crippen LogP contribution in [0.4, 0.5) is 0 Å². The fourth-order valence-electron chi connectivity index (χ4n) is 3.11. The van der Waals surface area contributed by atoms with Gasteiger partial charge in [-0.25, -0.2) is 0 Å². The van der Waals surface area contributed by atoms with Gasteiger partial charge in [-0.1, -0.05) is 34.1 Å². The van der Waals surface area contributed by atoms with Crippen LogP contribution in [0.5, 0.6) is 0 Å². The van der Waals surface area contributed by atoms with Crippen LogP contribution in [0.3, 0.4) is 0 Å². The average molecular weight is 303 g/mol. The lowest BCUT2D eigenvalue weighted by Crippen LogP contribution is -2.62. The van der Waals surface area contributed by atoms with Gasteiger partial charge in [0.05, 0.1) is 0 Å². The zero-order valence-corrected chi connectivity index (χ0v) is 15.0. The molecule has 0 radical (unpaired) electrons. The topological polar surface area (TPSA) is 32.3 Å². The molecule has 0 aromatic carbocycles. The lowest BCUT2D eigenvalue weighted by atomic mass is 9.90. The van der Waals surface area contributed by atoms with E-state index in [0.717, 1.165) is 31.2 Å². The molecule has 1 saturated heterocycles. The summed E-state index contributed by atoms with van der Waals surface area (Å²) in [6.45, 7) is 13.8. The summed E-state index contributed by atoms with van der Waals surface area (Å²) < 4.78 is 11.3. The van der Waals surface area contributed by atoms with E-state index in [1.165, 1.54) is 6.42 Å². The Balaban J connectivity index is 2.69. The van der Waals surface area contributed by atoms with Crippen molar-refractivity contribution in [3.63, 3.8) is 0 Å². The number of nitrogens with zero attached hydrogens (tertiary/aromatic N) is 1. The Kier molecular flexibility index (Phi) is 7.70. The van der Waals surface area contributed by atoms with Crippen molar-refractivity contribution in [2.24, 2.45) is 11.8 Å². The van der Waals surface area contributed by atoms with Crippen molar-refractivity contribution in [2.75, 3.05) is 25.1 Å². The molecule has 5 unspecified atom stereocenters. The van der Waals surface area contributed by atoms with E-state index < -0.39 is 10.8 Å². The normalized spacial score (nSPS) is 29.4. The van der Waals surface area contributed by atoms with Crippen molar-refractivity contribution in [3.8, 4) is 0 Å². The molecule has 1 N–H and O–H groups in total. The Bertz CT molecular complexity index is 309. The minimum atomic E-state index is -0.674. The van der Waals surface area contributed by atoms with Crippen LogP contribution in [0.2, 0.25) is 0 Å². The zero-order valence-electron chi connectivity index (χ0n) is 14.2. The average Bonchev–Trinajstić information content (AvgIpc) is 2.42. The third kappa shape index (κ3) is 5.12. The summed E-state index contributed by atoms with van der Waals surface area (Å²) in [5, 5.41) is 3.75. The van der Waals surface area contributed by atoms with E-state index in [9.17, 15) is 4.21 Å². The lowest BCUT2D eigenvalue weighted by Gasteiger charge is -2.47. The van der Waals surface area contributed by atoms with E-state index in [1.807, 2.05) is 6.26 Å². The van der Waals surface area contributed by atoms with Crippen molar-refractivity contribution >= 4 is 10.8 Å². The van der Waals surface area contributed by atoms with Crippen LogP contribution < -0.4 is 5.32 Å². The summed E-state index contributed by atoms with van der Waals surface area (Å²) in [6.07, 6.45) is 4.08. The van der Waals surface area contributed by atoms with E-state index in [1.54, 1.807) is 0 Å². The van der Waals surface area contributed by atoms with Crippen molar-refractivity contribution in [1.82, 2.24) is 10.2 Å². The molecule has 1 aliphatic rings. The molecule has 120 valence electrons. The van der Waals surface area contributed by atoms with Crippen LogP contribution in [0.15, 0.2) is 0 Å². The molecule has 20 heavy (non-hydrogen) atoms. The molecule has 0 aromatic rings. The van der Waals surface area contributed by atoms with Crippen molar-refractivity contribution < 1.29 is 4.21 Å². The van der Waals surface area contributed by atoms with Gasteiger partial charge >= 0.3 is 0 Å². The third-order valence-corrected chi connectivity index (χ3v) is 5.72. The Labute approximate surface area is 128 Å². The molecule has 0 spiro atoms. The van der Waals surface area contributed by atoms with Gasteiger partial charge in [-0.15, -0.1) is 0 Å². The number of nitrogens with one attached hydrogen (secondary N) is 1. The van der Waals surface area contributed by atoms with Crippen molar-refractivity contribution in [3.05, 3.63) is 0 Å². The van der Waals surface area contributed by atoms with E-state index in [2.05, 4.69) is 44.8 Å². The molecule has 0 saturated carbocycles. The standard InChI is InChI=1S/C16H34N2OS/c1-7-13(4)15-11-18(14(5)8-9-20(6)19)16(10-17-15)12(2)3/h12-17H,7-11H2,1-6H3. The highest BCUT2D eigenvalue weighted by molar-refractivity contribution is 7.84. The van der Waals surface area contributed by atoms with Gasteiger partial charge < -0.3 is 5.32 Å². The maximum atomic E-state index is 11.3. The lowest BCUT2D eigenvalue weighted by molar-refractivity contribution is 0.0483. The monoisotopic (exact) mass is 302 g/mol. The van der Waals surface area contributed by atoms with Crippen LogP contribution in [-0.2, 0) is 10.8 Å². The van der Waals surface area contributed by atoms with Gasteiger partial charge in [-0.3, -0.25) is 9.11 Å². The Morgan fingerprint density at radius 2 is 1.95 bits per heavy atom. The minimum absolute atomic E-state index is 0.528. The zero-order chi connectivity index (χ0) is 15.3. The summed E-state index contributed by atoms with van der Waals surface area (Å²) in [7, 11) is -0.674. The summed E-state index contributed by atoms with van der Waals surface area (Å²) >= 11 is 0. The first-order chi connectivity index (χ1) is 9.36. The van der Waals surface area contributed by atoms with E-state index in [0.29, 0.717) is 24.0 Å². The summed E-state index contributed by atoms with van der Waals surface area (Å²) in [5.41, 5.74) is 0. The van der Waals surface area contributed by atoms with Gasteiger partial charge in [-0.05, 0) is 25.2 Å². The van der Waals surface area contributed by atoms with Crippen LogP contribution >= 0.6 is 0 Å². The van der Waals surface area contributed by atoms with Crippen molar-refractivity contribution in [1.29, 1.82) is 0 Å². The number of piperazine rings is 1. The second-order valence-corrected chi connectivity index (χ2v) is 8.38. The third-order valence-electron chi connectivity index (χ3n) is 4.91. The second kappa shape index (κ2) is 8.50. The first-order valence-electron chi connectivity index (χ1n) is 8.15. The SMILES string of the molecule is CCC(C)C1CN(C(C)CCS(C)=O)C(C(C)C)CN1. The Morgan fingerprint density at radius 3 is 2.45 bits per heavy atom. The molecule has 3 nitrogen and oxygen atoms in total. The molecule has 1 aliphatic heterocycles. The summed E-state index contributed by atoms with van der Waals surface area (Å²) in [5.74, 6) is 2.21. The Morgan fingerprint density at radius 1 is 1.30 bits per heavy atom. The molecule has 0 bridgehead atoms. The predicted molar refractivity (Wildman–Crippen MR) is 89.6 cm³/mol. The van der Waals surface area contributed by atoms with Gasteiger partial charge in [0.25, 0.3) is 0 Å². The minimum Gasteiger partial charge on any atom is -0.311 e. The maximum Gasteiger partial charge on any atom is 0.0247 e. The molecule has 1 fully saturated rings. The van der Waals surface area contributed by atoms with Crippen LogP contribution in [-0.4, -0.2) is 52.3 Å². The highest BCUT2D eigenvalue weighted by Gasteiger charge is 2.34. The van der Waals surface area contributed by atoms with Crippen molar-refractivity contribution in [2.45, 2.75) is 65.6 Å². The molecule has 0 amide bonds. The molecule has 1 rings (SSSR count). The quantitative estimate of drug-likeness (QED) is 0.784. The number of rotatable bonds is 7. The molecular formula is C16H34N2OS. The van der Waals surface area contributed by atoms with Gasteiger partial charge in [0, 0.05) is 54.0 Å². The maximum absolute atomic E-state index is 11.3. The molecule has 5 atom stereocenters. The van der Waals surface area contributed by atoms with Crippen LogP contribution in [0.25, 0.3) is 0 Å². The molecule has 0 aromatic heterocycles. The van der Waals surface area contributed by atoms with Crippen LogP contribution in [0, 0.1) is 11.8 Å². The second-order valence-electron chi connectivity index (χ2n) is 6.82. The van der Waals surface area contributed by atoms with E-state index in [-0.39, 0.29) is 0 Å². The molecule has 4 heteroatoms. The van der Waals surface area contributed by atoms with Crippen LogP contribution in [0.1, 0.15) is 47.5 Å². The highest BCUT2D eigenvalue weighted by atomic mass is 32.2. The predicted octanol–water partition coefficient (Wildman–Crippen LogP) is 2.49. The number of hydrogen-bond donors (Lipinski definition) is 1. The molecule has 1 heterocycles.